The number of cyclic esters (lactones) is 1. The fraction of sp³-hybridized carbons (Fsp3) is 0.714. The Hall–Kier alpha value is -1.70. The zero-order valence-electron chi connectivity index (χ0n) is 18.1. The van der Waals surface area contributed by atoms with Gasteiger partial charge in [0.05, 0.1) is 23.9 Å². The van der Waals surface area contributed by atoms with Gasteiger partial charge in [0.2, 0.25) is 5.79 Å². The molecule has 4 atom stereocenters. The van der Waals surface area contributed by atoms with Gasteiger partial charge in [0, 0.05) is 32.8 Å². The number of carbonyl (C=O) groups is 2. The van der Waals surface area contributed by atoms with Gasteiger partial charge in [0.15, 0.2) is 0 Å². The number of carbonyl (C=O) groups excluding carboxylic acids is 2. The quantitative estimate of drug-likeness (QED) is 0.216. The normalized spacial score (nSPS) is 21.8. The van der Waals surface area contributed by atoms with E-state index >= 15 is 0 Å². The number of rotatable bonds is 12. The fourth-order valence-corrected chi connectivity index (χ4v) is 3.52. The van der Waals surface area contributed by atoms with E-state index in [4.69, 9.17) is 23.7 Å². The van der Waals surface area contributed by atoms with E-state index in [0.29, 0.717) is 17.8 Å². The molecule has 1 rings (SSSR count). The summed E-state index contributed by atoms with van der Waals surface area (Å²) in [5, 5.41) is 0. The summed E-state index contributed by atoms with van der Waals surface area (Å²) >= 11 is 0. The molecule has 0 aliphatic carbocycles. The molecule has 0 N–H and O–H groups in total. The third kappa shape index (κ3) is 6.15. The molecule has 0 fully saturated rings. The summed E-state index contributed by atoms with van der Waals surface area (Å²) in [6, 6.07) is 0. The molecule has 0 aromatic carbocycles. The Labute approximate surface area is 168 Å². The molecule has 160 valence electrons. The molecule has 0 bridgehead atoms. The second-order valence-electron chi connectivity index (χ2n) is 7.89. The highest BCUT2D eigenvalue weighted by Crippen LogP contribution is 2.39. The molecule has 28 heavy (non-hydrogen) atoms. The summed E-state index contributed by atoms with van der Waals surface area (Å²) in [6.45, 7) is 14.6. The summed E-state index contributed by atoms with van der Waals surface area (Å²) in [7, 11) is 1.53. The Morgan fingerprint density at radius 1 is 1.29 bits per heavy atom. The number of methoxy groups -OCH3 is 1. The topological polar surface area (TPSA) is 80.3 Å². The maximum Gasteiger partial charge on any atom is 0.340 e. The van der Waals surface area contributed by atoms with E-state index in [1.54, 1.807) is 26.8 Å². The molecule has 0 amide bonds. The van der Waals surface area contributed by atoms with Crippen LogP contribution in [0.25, 0.3) is 0 Å². The smallest absolute Gasteiger partial charge is 0.340 e. The van der Waals surface area contributed by atoms with Crippen molar-refractivity contribution in [3.63, 3.8) is 0 Å². The van der Waals surface area contributed by atoms with Gasteiger partial charge in [-0.2, -0.15) is 0 Å². The van der Waals surface area contributed by atoms with Gasteiger partial charge in [0.1, 0.15) is 18.8 Å². The number of esters is 1. The highest BCUT2D eigenvalue weighted by molar-refractivity contribution is 5.89. The van der Waals surface area contributed by atoms with Crippen LogP contribution in [0.15, 0.2) is 24.0 Å². The maximum absolute atomic E-state index is 12.3. The third-order valence-electron chi connectivity index (χ3n) is 4.70. The Kier molecular flexibility index (Phi) is 8.85. The van der Waals surface area contributed by atoms with Gasteiger partial charge >= 0.3 is 5.97 Å². The lowest BCUT2D eigenvalue weighted by Crippen LogP contribution is -2.51. The zero-order chi connectivity index (χ0) is 21.5. The first-order valence-electron chi connectivity index (χ1n) is 9.45. The Morgan fingerprint density at radius 3 is 2.46 bits per heavy atom. The van der Waals surface area contributed by atoms with Crippen LogP contribution in [0, 0.1) is 11.8 Å². The minimum Gasteiger partial charge on any atom is -0.456 e. The van der Waals surface area contributed by atoms with E-state index < -0.39 is 23.5 Å². The average Bonchev–Trinajstić information content (AvgIpc) is 2.62. The first kappa shape index (κ1) is 24.3. The van der Waals surface area contributed by atoms with Gasteiger partial charge in [-0.1, -0.05) is 19.9 Å². The van der Waals surface area contributed by atoms with Crippen LogP contribution < -0.4 is 0 Å². The van der Waals surface area contributed by atoms with Gasteiger partial charge in [-0.05, 0) is 20.3 Å². The number of aldehydes is 1. The summed E-state index contributed by atoms with van der Waals surface area (Å²) in [4.78, 5) is 23.6. The van der Waals surface area contributed by atoms with Crippen molar-refractivity contribution in [2.24, 2.45) is 11.8 Å². The first-order valence-corrected chi connectivity index (χ1v) is 9.45. The van der Waals surface area contributed by atoms with Crippen LogP contribution >= 0.6 is 0 Å². The summed E-state index contributed by atoms with van der Waals surface area (Å²) in [5.74, 6) is -1.65. The van der Waals surface area contributed by atoms with Crippen LogP contribution in [0.5, 0.6) is 0 Å². The minimum absolute atomic E-state index is 0.0255. The predicted octanol–water partition coefficient (Wildman–Crippen LogP) is 3.38. The molecular formula is C21H34O7. The minimum atomic E-state index is -1.08. The van der Waals surface area contributed by atoms with Crippen LogP contribution in [0.1, 0.15) is 48.0 Å². The van der Waals surface area contributed by atoms with Crippen LogP contribution in [-0.4, -0.2) is 50.3 Å². The Bertz CT molecular complexity index is 596. The first-order chi connectivity index (χ1) is 13.0. The highest BCUT2D eigenvalue weighted by Gasteiger charge is 2.46. The Balaban J connectivity index is 3.35. The molecule has 0 spiro atoms. The number of hydrogen-bond donors (Lipinski definition) is 0. The predicted molar refractivity (Wildman–Crippen MR) is 104 cm³/mol. The van der Waals surface area contributed by atoms with E-state index in [-0.39, 0.29) is 25.2 Å². The second-order valence-corrected chi connectivity index (χ2v) is 7.89. The van der Waals surface area contributed by atoms with Crippen LogP contribution in [-0.2, 0) is 33.3 Å². The van der Waals surface area contributed by atoms with Crippen molar-refractivity contribution in [3.8, 4) is 0 Å². The van der Waals surface area contributed by atoms with Crippen molar-refractivity contribution < 1.29 is 33.3 Å². The fourth-order valence-electron chi connectivity index (χ4n) is 3.52. The number of hydrogen-bond acceptors (Lipinski definition) is 7. The lowest BCUT2D eigenvalue weighted by molar-refractivity contribution is -0.223. The second kappa shape index (κ2) is 10.2. The van der Waals surface area contributed by atoms with E-state index in [0.717, 1.165) is 6.29 Å². The summed E-state index contributed by atoms with van der Waals surface area (Å²) in [5.41, 5.74) is -0.471. The summed E-state index contributed by atoms with van der Waals surface area (Å²) < 4.78 is 28.5. The van der Waals surface area contributed by atoms with Crippen molar-refractivity contribution in [2.75, 3.05) is 20.5 Å². The van der Waals surface area contributed by atoms with Gasteiger partial charge in [-0.15, -0.1) is 6.58 Å². The average molecular weight is 398 g/mol. The molecule has 7 nitrogen and oxygen atoms in total. The molecule has 0 radical (unpaired) electrons. The number of ether oxygens (including phenoxy) is 5. The lowest BCUT2D eigenvalue weighted by atomic mass is 9.81. The highest BCUT2D eigenvalue weighted by atomic mass is 16.7. The molecule has 0 saturated carbocycles. The molecule has 0 unspecified atom stereocenters. The van der Waals surface area contributed by atoms with Crippen LogP contribution in [0.4, 0.5) is 0 Å². The van der Waals surface area contributed by atoms with Gasteiger partial charge in [-0.3, -0.25) is 0 Å². The SMILES string of the molecule is C=CCO[C@](C)(C[C@@H](C)C=O)[C@H](OCOC)[C@@H](C)C1=C(C)C(=O)OC(C)(C)O1. The summed E-state index contributed by atoms with van der Waals surface area (Å²) in [6.07, 6.45) is 2.39. The van der Waals surface area contributed by atoms with Crippen LogP contribution in [0.2, 0.25) is 0 Å². The third-order valence-corrected chi connectivity index (χ3v) is 4.70. The van der Waals surface area contributed by atoms with Gasteiger partial charge in [-0.25, -0.2) is 4.79 Å². The van der Waals surface area contributed by atoms with Crippen LogP contribution in [0.3, 0.4) is 0 Å². The zero-order valence-corrected chi connectivity index (χ0v) is 18.1. The molecule has 1 aliphatic rings. The van der Waals surface area contributed by atoms with Crippen molar-refractivity contribution >= 4 is 12.3 Å². The molecule has 0 saturated heterocycles. The Morgan fingerprint density at radius 2 is 1.93 bits per heavy atom. The van der Waals surface area contributed by atoms with E-state index in [2.05, 4.69) is 6.58 Å². The van der Waals surface area contributed by atoms with Crippen molar-refractivity contribution in [1.82, 2.24) is 0 Å². The van der Waals surface area contributed by atoms with Gasteiger partial charge < -0.3 is 28.5 Å². The van der Waals surface area contributed by atoms with Crippen molar-refractivity contribution in [2.45, 2.75) is 65.5 Å². The molecular weight excluding hydrogens is 364 g/mol. The molecule has 1 aliphatic heterocycles. The van der Waals surface area contributed by atoms with E-state index in [1.165, 1.54) is 7.11 Å². The lowest BCUT2D eigenvalue weighted by Gasteiger charge is -2.43. The monoisotopic (exact) mass is 398 g/mol. The maximum atomic E-state index is 12.3. The molecule has 1 heterocycles. The largest absolute Gasteiger partial charge is 0.456 e. The molecule has 0 aromatic heterocycles. The van der Waals surface area contributed by atoms with Crippen molar-refractivity contribution in [3.05, 3.63) is 24.0 Å². The molecule has 7 heteroatoms. The van der Waals surface area contributed by atoms with Crippen molar-refractivity contribution in [1.29, 1.82) is 0 Å². The van der Waals surface area contributed by atoms with E-state index in [1.807, 2.05) is 20.8 Å². The standard InChI is InChI=1S/C21H34O7/c1-9-10-26-21(7,11-14(2)12-22)18(25-13-24-8)15(3)17-16(4)19(23)28-20(5,6)27-17/h9,12,14-15,18H,1,10-11,13H2,2-8H3/t14-,15+,18-,21-/m1/s1. The van der Waals surface area contributed by atoms with Gasteiger partial charge in [0.25, 0.3) is 0 Å². The molecule has 0 aromatic rings. The van der Waals surface area contributed by atoms with E-state index in [9.17, 15) is 9.59 Å².